The SMILES string of the molecule is Cc1cc(F)ccc1-c1sc2cc(O)ccc2c1Oc1ccc(/C=C/C(=N)OC(N)=O)cc1. The van der Waals surface area contributed by atoms with Crippen molar-refractivity contribution in [1.82, 2.24) is 0 Å². The van der Waals surface area contributed by atoms with Crippen LogP contribution in [0, 0.1) is 18.2 Å². The number of ether oxygens (including phenoxy) is 2. The molecule has 0 fully saturated rings. The topological polar surface area (TPSA) is 106 Å². The van der Waals surface area contributed by atoms with Crippen LogP contribution in [0.4, 0.5) is 9.18 Å². The molecule has 8 heteroatoms. The van der Waals surface area contributed by atoms with Crippen molar-refractivity contribution in [3.05, 3.63) is 83.7 Å². The Morgan fingerprint density at radius 3 is 2.58 bits per heavy atom. The average molecular weight is 463 g/mol. The molecule has 0 aliphatic rings. The molecule has 6 nitrogen and oxygen atoms in total. The van der Waals surface area contributed by atoms with E-state index in [4.69, 9.17) is 15.9 Å². The fraction of sp³-hybridized carbons (Fsp3) is 0.0400. The molecule has 0 saturated heterocycles. The average Bonchev–Trinajstić information content (AvgIpc) is 3.09. The van der Waals surface area contributed by atoms with Gasteiger partial charge in [-0.25, -0.2) is 9.18 Å². The number of hydrogen-bond donors (Lipinski definition) is 3. The number of benzene rings is 3. The van der Waals surface area contributed by atoms with Crippen LogP contribution < -0.4 is 10.5 Å². The first kappa shape index (κ1) is 22.0. The van der Waals surface area contributed by atoms with Crippen molar-refractivity contribution in [1.29, 1.82) is 5.41 Å². The summed E-state index contributed by atoms with van der Waals surface area (Å²) in [6.07, 6.45) is 1.87. The van der Waals surface area contributed by atoms with Crippen LogP contribution in [-0.2, 0) is 4.74 Å². The van der Waals surface area contributed by atoms with Gasteiger partial charge in [-0.3, -0.25) is 5.41 Å². The summed E-state index contributed by atoms with van der Waals surface area (Å²) in [4.78, 5) is 11.5. The molecule has 0 spiro atoms. The number of nitrogens with one attached hydrogen (secondary N) is 1. The van der Waals surface area contributed by atoms with E-state index in [1.54, 1.807) is 54.6 Å². The van der Waals surface area contributed by atoms with E-state index in [9.17, 15) is 14.3 Å². The molecule has 0 saturated carbocycles. The first-order valence-corrected chi connectivity index (χ1v) is 10.7. The fourth-order valence-corrected chi connectivity index (χ4v) is 4.55. The summed E-state index contributed by atoms with van der Waals surface area (Å²) in [6, 6.07) is 16.8. The van der Waals surface area contributed by atoms with E-state index in [0.717, 1.165) is 31.7 Å². The molecule has 0 aliphatic heterocycles. The van der Waals surface area contributed by atoms with Gasteiger partial charge < -0.3 is 20.3 Å². The molecule has 1 amide bonds. The lowest BCUT2D eigenvalue weighted by molar-refractivity contribution is 0.208. The second-order valence-corrected chi connectivity index (χ2v) is 8.24. The molecule has 3 aromatic carbocycles. The number of fused-ring (bicyclic) bond motifs is 1. The predicted octanol–water partition coefficient (Wildman–Crippen LogP) is 6.60. The van der Waals surface area contributed by atoms with Gasteiger partial charge in [-0.1, -0.05) is 18.2 Å². The predicted molar refractivity (Wildman–Crippen MR) is 128 cm³/mol. The number of phenols is 1. The summed E-state index contributed by atoms with van der Waals surface area (Å²) in [7, 11) is 0. The molecule has 0 aliphatic carbocycles. The number of phenolic OH excluding ortho intramolecular Hbond substituents is 1. The third-order valence-corrected chi connectivity index (χ3v) is 5.97. The first-order chi connectivity index (χ1) is 15.8. The van der Waals surface area contributed by atoms with Gasteiger partial charge in [0.05, 0.1) is 4.88 Å². The van der Waals surface area contributed by atoms with Crippen molar-refractivity contribution < 1.29 is 23.8 Å². The molecule has 4 aromatic rings. The molecule has 0 atom stereocenters. The van der Waals surface area contributed by atoms with Crippen LogP contribution in [-0.4, -0.2) is 17.1 Å². The third kappa shape index (κ3) is 5.02. The summed E-state index contributed by atoms with van der Waals surface area (Å²) < 4.78 is 25.2. The summed E-state index contributed by atoms with van der Waals surface area (Å²) in [5.74, 6) is 0.666. The van der Waals surface area contributed by atoms with Gasteiger partial charge in [0.15, 0.2) is 5.75 Å². The Morgan fingerprint density at radius 1 is 1.12 bits per heavy atom. The van der Waals surface area contributed by atoms with Crippen molar-refractivity contribution in [2.45, 2.75) is 6.92 Å². The minimum Gasteiger partial charge on any atom is -0.508 e. The van der Waals surface area contributed by atoms with Gasteiger partial charge in [0.1, 0.15) is 17.3 Å². The molecule has 0 bridgehead atoms. The van der Waals surface area contributed by atoms with E-state index in [1.807, 2.05) is 6.92 Å². The van der Waals surface area contributed by atoms with Gasteiger partial charge in [0.25, 0.3) is 0 Å². The standard InChI is InChI=1S/C25H19FN2O4S/c1-14-12-16(26)5-9-19(14)24-23(20-10-6-17(29)13-21(20)33-24)31-18-7-2-15(3-8-18)4-11-22(27)32-25(28)30/h2-13,27,29H,1H3,(H2,28,30)/b11-4+,27-22?. The van der Waals surface area contributed by atoms with E-state index in [0.29, 0.717) is 11.5 Å². The number of halogens is 1. The van der Waals surface area contributed by atoms with Gasteiger partial charge in [0.2, 0.25) is 5.90 Å². The van der Waals surface area contributed by atoms with Crippen LogP contribution >= 0.6 is 11.3 Å². The van der Waals surface area contributed by atoms with Crippen LogP contribution in [0.3, 0.4) is 0 Å². The monoisotopic (exact) mass is 462 g/mol. The third-order valence-electron chi connectivity index (χ3n) is 4.80. The van der Waals surface area contributed by atoms with Crippen LogP contribution in [0.25, 0.3) is 26.6 Å². The number of carbonyl (C=O) groups is 1. The van der Waals surface area contributed by atoms with E-state index in [-0.39, 0.29) is 17.5 Å². The maximum absolute atomic E-state index is 13.7. The van der Waals surface area contributed by atoms with Gasteiger partial charge in [0, 0.05) is 16.2 Å². The number of aromatic hydroxyl groups is 1. The lowest BCUT2D eigenvalue weighted by atomic mass is 10.1. The molecule has 4 N–H and O–H groups in total. The summed E-state index contributed by atoms with van der Waals surface area (Å²) >= 11 is 1.46. The molecular formula is C25H19FN2O4S. The number of amides is 1. The lowest BCUT2D eigenvalue weighted by Crippen LogP contribution is -2.16. The van der Waals surface area contributed by atoms with E-state index in [2.05, 4.69) is 4.74 Å². The van der Waals surface area contributed by atoms with Gasteiger partial charge in [-0.05, 0) is 72.2 Å². The summed E-state index contributed by atoms with van der Waals surface area (Å²) in [6.45, 7) is 1.84. The minimum absolute atomic E-state index is 0.153. The van der Waals surface area contributed by atoms with Crippen molar-refractivity contribution in [3.63, 3.8) is 0 Å². The Hall–Kier alpha value is -4.17. The molecule has 1 aromatic heterocycles. The number of carbonyl (C=O) groups excluding carboxylic acids is 1. The van der Waals surface area contributed by atoms with Crippen LogP contribution in [0.1, 0.15) is 11.1 Å². The Morgan fingerprint density at radius 2 is 1.88 bits per heavy atom. The quantitative estimate of drug-likeness (QED) is 0.229. The molecule has 166 valence electrons. The highest BCUT2D eigenvalue weighted by molar-refractivity contribution is 7.22. The molecular weight excluding hydrogens is 443 g/mol. The molecule has 1 heterocycles. The number of aryl methyl sites for hydroxylation is 1. The normalized spacial score (nSPS) is 11.1. The van der Waals surface area contributed by atoms with Crippen molar-refractivity contribution in [2.75, 3.05) is 0 Å². The molecule has 33 heavy (non-hydrogen) atoms. The smallest absolute Gasteiger partial charge is 0.411 e. The van der Waals surface area contributed by atoms with Gasteiger partial charge >= 0.3 is 6.09 Å². The van der Waals surface area contributed by atoms with Crippen LogP contribution in [0.15, 0.2) is 66.7 Å². The number of thiophene rings is 1. The number of nitrogens with two attached hydrogens (primary N) is 1. The van der Waals surface area contributed by atoms with Gasteiger partial charge in [-0.2, -0.15) is 0 Å². The highest BCUT2D eigenvalue weighted by Gasteiger charge is 2.18. The largest absolute Gasteiger partial charge is 0.508 e. The van der Waals surface area contributed by atoms with Crippen molar-refractivity contribution in [2.24, 2.45) is 5.73 Å². The second kappa shape index (κ2) is 9.13. The fourth-order valence-electron chi connectivity index (χ4n) is 3.30. The Balaban J connectivity index is 1.67. The summed E-state index contributed by atoms with van der Waals surface area (Å²) in [5.41, 5.74) is 7.26. The van der Waals surface area contributed by atoms with E-state index in [1.165, 1.54) is 29.5 Å². The Labute approximate surface area is 192 Å². The molecule has 4 rings (SSSR count). The zero-order chi connectivity index (χ0) is 23.5. The van der Waals surface area contributed by atoms with Crippen LogP contribution in [0.2, 0.25) is 0 Å². The first-order valence-electron chi connectivity index (χ1n) is 9.84. The second-order valence-electron chi connectivity index (χ2n) is 7.19. The van der Waals surface area contributed by atoms with E-state index < -0.39 is 6.09 Å². The van der Waals surface area contributed by atoms with E-state index >= 15 is 0 Å². The highest BCUT2D eigenvalue weighted by atomic mass is 32.1. The van der Waals surface area contributed by atoms with Gasteiger partial charge in [-0.15, -0.1) is 11.3 Å². The zero-order valence-corrected chi connectivity index (χ0v) is 18.3. The number of primary amides is 1. The Kier molecular flexibility index (Phi) is 6.10. The lowest BCUT2D eigenvalue weighted by Gasteiger charge is -2.10. The molecule has 0 radical (unpaired) electrons. The molecule has 0 unspecified atom stereocenters. The zero-order valence-electron chi connectivity index (χ0n) is 17.5. The maximum atomic E-state index is 13.7. The Bertz CT molecular complexity index is 1390. The number of rotatable bonds is 5. The maximum Gasteiger partial charge on any atom is 0.411 e. The van der Waals surface area contributed by atoms with Crippen molar-refractivity contribution >= 4 is 39.5 Å². The van der Waals surface area contributed by atoms with Crippen LogP contribution in [0.5, 0.6) is 17.2 Å². The number of hydrogen-bond acceptors (Lipinski definition) is 6. The van der Waals surface area contributed by atoms with Crippen molar-refractivity contribution in [3.8, 4) is 27.7 Å². The summed E-state index contributed by atoms with van der Waals surface area (Å²) in [5, 5.41) is 18.2. The minimum atomic E-state index is -1.04. The highest BCUT2D eigenvalue weighted by Crippen LogP contribution is 2.47.